The molecule has 24 heavy (non-hydrogen) atoms. The van der Waals surface area contributed by atoms with Gasteiger partial charge in [0.25, 0.3) is 0 Å². The van der Waals surface area contributed by atoms with Gasteiger partial charge in [0, 0.05) is 16.7 Å². The summed E-state index contributed by atoms with van der Waals surface area (Å²) in [6.07, 6.45) is 0.582. The Morgan fingerprint density at radius 1 is 1.12 bits per heavy atom. The molecule has 1 atom stereocenters. The lowest BCUT2D eigenvalue weighted by Crippen LogP contribution is -2.29. The van der Waals surface area contributed by atoms with E-state index in [1.807, 2.05) is 48.2 Å². The van der Waals surface area contributed by atoms with Gasteiger partial charge in [0.1, 0.15) is 11.5 Å². The number of benzene rings is 2. The molecule has 0 bridgehead atoms. The summed E-state index contributed by atoms with van der Waals surface area (Å²) >= 11 is 3.52. The summed E-state index contributed by atoms with van der Waals surface area (Å²) in [4.78, 5) is 14.7. The van der Waals surface area contributed by atoms with Crippen molar-refractivity contribution in [3.05, 3.63) is 52.0 Å². The van der Waals surface area contributed by atoms with Gasteiger partial charge in [0.05, 0.1) is 20.1 Å². The van der Waals surface area contributed by atoms with Crippen molar-refractivity contribution in [2.24, 2.45) is 0 Å². The van der Waals surface area contributed by atoms with Gasteiger partial charge >= 0.3 is 0 Å². The number of amides is 1. The first-order valence-electron chi connectivity index (χ1n) is 7.90. The molecule has 1 aliphatic rings. The zero-order chi connectivity index (χ0) is 17.3. The quantitative estimate of drug-likeness (QED) is 0.770. The van der Waals surface area contributed by atoms with Crippen LogP contribution in [-0.2, 0) is 11.2 Å². The van der Waals surface area contributed by atoms with Crippen molar-refractivity contribution in [3.63, 3.8) is 0 Å². The van der Waals surface area contributed by atoms with Crippen molar-refractivity contribution in [2.75, 3.05) is 25.7 Å². The second kappa shape index (κ2) is 6.85. The number of methoxy groups -OCH3 is 2. The normalized spacial score (nSPS) is 16.2. The Morgan fingerprint density at radius 3 is 2.58 bits per heavy atom. The highest BCUT2D eigenvalue weighted by molar-refractivity contribution is 9.10. The van der Waals surface area contributed by atoms with Gasteiger partial charge in [0.2, 0.25) is 5.91 Å². The average Bonchev–Trinajstić information content (AvgIpc) is 2.85. The van der Waals surface area contributed by atoms with Crippen LogP contribution in [-0.4, -0.2) is 26.7 Å². The molecule has 3 rings (SSSR count). The third kappa shape index (κ3) is 2.88. The van der Waals surface area contributed by atoms with Gasteiger partial charge in [-0.15, -0.1) is 0 Å². The summed E-state index contributed by atoms with van der Waals surface area (Å²) < 4.78 is 11.8. The van der Waals surface area contributed by atoms with Crippen LogP contribution in [0.5, 0.6) is 11.5 Å². The molecule has 1 aliphatic heterocycles. The van der Waals surface area contributed by atoms with Crippen molar-refractivity contribution < 1.29 is 14.3 Å². The van der Waals surface area contributed by atoms with E-state index in [2.05, 4.69) is 15.9 Å². The van der Waals surface area contributed by atoms with Crippen LogP contribution in [0.1, 0.15) is 24.0 Å². The van der Waals surface area contributed by atoms with Crippen LogP contribution in [0.2, 0.25) is 0 Å². The Hall–Kier alpha value is -2.01. The number of hydrogen-bond donors (Lipinski definition) is 0. The molecule has 0 saturated carbocycles. The third-order valence-corrected chi connectivity index (χ3v) is 4.94. The van der Waals surface area contributed by atoms with Crippen LogP contribution >= 0.6 is 15.9 Å². The topological polar surface area (TPSA) is 38.8 Å². The van der Waals surface area contributed by atoms with Gasteiger partial charge in [-0.2, -0.15) is 0 Å². The molecular formula is C19H20BrNO3. The fraction of sp³-hybridized carbons (Fsp3) is 0.316. The van der Waals surface area contributed by atoms with Crippen molar-refractivity contribution >= 4 is 27.5 Å². The number of carbonyl (C=O) groups excluding carboxylic acids is 1. The van der Waals surface area contributed by atoms with Gasteiger partial charge in [-0.1, -0.05) is 15.9 Å². The number of rotatable bonds is 5. The highest BCUT2D eigenvalue weighted by atomic mass is 79.9. The van der Waals surface area contributed by atoms with Crippen LogP contribution in [0.4, 0.5) is 5.69 Å². The summed E-state index contributed by atoms with van der Waals surface area (Å²) in [6.45, 7) is 2.66. The number of anilines is 1. The van der Waals surface area contributed by atoms with Crippen LogP contribution in [0.25, 0.3) is 0 Å². The molecule has 5 heteroatoms. The van der Waals surface area contributed by atoms with Crippen molar-refractivity contribution in [2.45, 2.75) is 19.3 Å². The molecule has 0 unspecified atom stereocenters. The Labute approximate surface area is 150 Å². The van der Waals surface area contributed by atoms with Crippen molar-refractivity contribution in [1.29, 1.82) is 0 Å². The number of likely N-dealkylation sites (N-methyl/N-ethyl adjacent to an activating group) is 1. The Morgan fingerprint density at radius 2 is 1.92 bits per heavy atom. The molecule has 0 fully saturated rings. The van der Waals surface area contributed by atoms with Gasteiger partial charge in [0.15, 0.2) is 0 Å². The molecule has 0 radical (unpaired) electrons. The SMILES string of the molecule is CCN1C(=O)[C@H](Cc2cc(OC)ccc2OC)c2cc(Br)ccc21. The molecule has 0 aliphatic carbocycles. The largest absolute Gasteiger partial charge is 0.497 e. The minimum absolute atomic E-state index is 0.135. The minimum Gasteiger partial charge on any atom is -0.497 e. The van der Waals surface area contributed by atoms with E-state index in [4.69, 9.17) is 9.47 Å². The summed E-state index contributed by atoms with van der Waals surface area (Å²) in [5.74, 6) is 1.46. The summed E-state index contributed by atoms with van der Waals surface area (Å²) in [5.41, 5.74) is 3.03. The zero-order valence-corrected chi connectivity index (χ0v) is 15.6. The smallest absolute Gasteiger partial charge is 0.234 e. The van der Waals surface area contributed by atoms with Crippen LogP contribution in [0.3, 0.4) is 0 Å². The summed E-state index contributed by atoms with van der Waals surface area (Å²) in [5, 5.41) is 0. The first kappa shape index (κ1) is 16.8. The number of hydrogen-bond acceptors (Lipinski definition) is 3. The highest BCUT2D eigenvalue weighted by Gasteiger charge is 2.37. The monoisotopic (exact) mass is 389 g/mol. The number of nitrogens with zero attached hydrogens (tertiary/aromatic N) is 1. The van der Waals surface area contributed by atoms with Gasteiger partial charge in [-0.3, -0.25) is 4.79 Å². The van der Waals surface area contributed by atoms with Gasteiger partial charge in [-0.05, 0) is 60.9 Å². The molecule has 126 valence electrons. The van der Waals surface area contributed by atoms with E-state index in [0.29, 0.717) is 13.0 Å². The van der Waals surface area contributed by atoms with E-state index in [1.165, 1.54) is 0 Å². The zero-order valence-electron chi connectivity index (χ0n) is 14.0. The third-order valence-electron chi connectivity index (χ3n) is 4.45. The second-order valence-electron chi connectivity index (χ2n) is 5.72. The van der Waals surface area contributed by atoms with Gasteiger partial charge < -0.3 is 14.4 Å². The summed E-state index contributed by atoms with van der Waals surface area (Å²) in [6, 6.07) is 11.7. The van der Waals surface area contributed by atoms with Crippen LogP contribution in [0, 0.1) is 0 Å². The average molecular weight is 390 g/mol. The standard InChI is InChI=1S/C19H20BrNO3/c1-4-21-17-7-5-13(20)11-15(17)16(19(21)22)10-12-9-14(23-2)6-8-18(12)24-3/h5-9,11,16H,4,10H2,1-3H3/t16-/m1/s1. The fourth-order valence-corrected chi connectivity index (χ4v) is 3.65. The fourth-order valence-electron chi connectivity index (χ4n) is 3.27. The lowest BCUT2D eigenvalue weighted by Gasteiger charge is -2.16. The van der Waals surface area contributed by atoms with Crippen LogP contribution < -0.4 is 14.4 Å². The van der Waals surface area contributed by atoms with E-state index in [0.717, 1.165) is 32.8 Å². The molecule has 0 spiro atoms. The van der Waals surface area contributed by atoms with E-state index in [9.17, 15) is 4.79 Å². The maximum Gasteiger partial charge on any atom is 0.234 e. The van der Waals surface area contributed by atoms with E-state index >= 15 is 0 Å². The number of fused-ring (bicyclic) bond motifs is 1. The number of carbonyl (C=O) groups is 1. The Balaban J connectivity index is 2.02. The number of halogens is 1. The lowest BCUT2D eigenvalue weighted by atomic mass is 9.92. The molecule has 1 heterocycles. The van der Waals surface area contributed by atoms with E-state index in [-0.39, 0.29) is 11.8 Å². The molecule has 4 nitrogen and oxygen atoms in total. The minimum atomic E-state index is -0.210. The van der Waals surface area contributed by atoms with Gasteiger partial charge in [-0.25, -0.2) is 0 Å². The molecule has 0 aromatic heterocycles. The first-order valence-corrected chi connectivity index (χ1v) is 8.70. The molecule has 0 N–H and O–H groups in total. The lowest BCUT2D eigenvalue weighted by molar-refractivity contribution is -0.119. The van der Waals surface area contributed by atoms with Crippen molar-refractivity contribution in [1.82, 2.24) is 0 Å². The molecule has 1 amide bonds. The summed E-state index contributed by atoms with van der Waals surface area (Å²) in [7, 11) is 3.28. The highest BCUT2D eigenvalue weighted by Crippen LogP contribution is 2.41. The van der Waals surface area contributed by atoms with E-state index < -0.39 is 0 Å². The van der Waals surface area contributed by atoms with Crippen LogP contribution in [0.15, 0.2) is 40.9 Å². The first-order chi connectivity index (χ1) is 11.6. The Bertz CT molecular complexity index is 775. The Kier molecular flexibility index (Phi) is 4.81. The maximum absolute atomic E-state index is 12.9. The second-order valence-corrected chi connectivity index (χ2v) is 6.64. The maximum atomic E-state index is 12.9. The predicted molar refractivity (Wildman–Crippen MR) is 98.2 cm³/mol. The van der Waals surface area contributed by atoms with E-state index in [1.54, 1.807) is 14.2 Å². The molecular weight excluding hydrogens is 370 g/mol. The number of ether oxygens (including phenoxy) is 2. The van der Waals surface area contributed by atoms with Crippen molar-refractivity contribution in [3.8, 4) is 11.5 Å². The molecule has 2 aromatic rings. The molecule has 2 aromatic carbocycles. The predicted octanol–water partition coefficient (Wildman–Crippen LogP) is 4.16. The molecule has 0 saturated heterocycles.